The van der Waals surface area contributed by atoms with Gasteiger partial charge in [-0.1, -0.05) is 43.0 Å². The third kappa shape index (κ3) is 5.16. The molecule has 2 amide bonds. The van der Waals surface area contributed by atoms with E-state index in [9.17, 15) is 19.2 Å². The maximum Gasteiger partial charge on any atom is 0.410 e. The van der Waals surface area contributed by atoms with Crippen LogP contribution in [-0.4, -0.2) is 74.6 Å². The molecule has 220 valence electrons. The van der Waals surface area contributed by atoms with Gasteiger partial charge in [0.1, 0.15) is 24.4 Å². The molecular formula is C31H38N2O8. The van der Waals surface area contributed by atoms with Gasteiger partial charge in [-0.05, 0) is 44.9 Å². The van der Waals surface area contributed by atoms with E-state index in [2.05, 4.69) is 6.58 Å². The summed E-state index contributed by atoms with van der Waals surface area (Å²) in [5.41, 5.74) is -0.284. The van der Waals surface area contributed by atoms with Crippen LogP contribution in [0.15, 0.2) is 60.7 Å². The van der Waals surface area contributed by atoms with Gasteiger partial charge in [0, 0.05) is 32.1 Å². The molecular weight excluding hydrogens is 528 g/mol. The molecule has 0 N–H and O–H groups in total. The summed E-state index contributed by atoms with van der Waals surface area (Å²) >= 11 is 0. The van der Waals surface area contributed by atoms with Crippen LogP contribution < -0.4 is 4.90 Å². The third-order valence-electron chi connectivity index (χ3n) is 7.71. The van der Waals surface area contributed by atoms with Crippen molar-refractivity contribution in [3.63, 3.8) is 0 Å². The van der Waals surface area contributed by atoms with Crippen molar-refractivity contribution in [3.05, 3.63) is 66.3 Å². The molecule has 1 aromatic carbocycles. The van der Waals surface area contributed by atoms with Crippen LogP contribution in [-0.2, 0) is 38.7 Å². The molecule has 41 heavy (non-hydrogen) atoms. The average Bonchev–Trinajstić information content (AvgIpc) is 3.27. The molecule has 10 nitrogen and oxygen atoms in total. The number of amides is 2. The molecule has 1 saturated carbocycles. The summed E-state index contributed by atoms with van der Waals surface area (Å²) < 4.78 is 21.9. The molecule has 10 heteroatoms. The van der Waals surface area contributed by atoms with Gasteiger partial charge in [-0.25, -0.2) is 9.59 Å². The summed E-state index contributed by atoms with van der Waals surface area (Å²) in [5, 5.41) is 0. The number of rotatable bonds is 8. The molecule has 3 aliphatic rings. The van der Waals surface area contributed by atoms with Crippen LogP contribution >= 0.6 is 0 Å². The van der Waals surface area contributed by atoms with Crippen LogP contribution in [0.1, 0.15) is 33.3 Å². The summed E-state index contributed by atoms with van der Waals surface area (Å²) in [4.78, 5) is 57.4. The fourth-order valence-electron chi connectivity index (χ4n) is 6.38. The minimum Gasteiger partial charge on any atom is -0.466 e. The number of benzene rings is 1. The molecule has 1 aromatic rings. The van der Waals surface area contributed by atoms with E-state index < -0.39 is 52.8 Å². The van der Waals surface area contributed by atoms with Crippen molar-refractivity contribution in [2.45, 2.75) is 44.8 Å². The lowest BCUT2D eigenvalue weighted by Crippen LogP contribution is -2.54. The molecule has 4 rings (SSSR count). The Kier molecular flexibility index (Phi) is 8.44. The third-order valence-corrected chi connectivity index (χ3v) is 7.71. The zero-order chi connectivity index (χ0) is 30.1. The van der Waals surface area contributed by atoms with Crippen molar-refractivity contribution < 1.29 is 38.1 Å². The maximum atomic E-state index is 14.5. The Balaban J connectivity index is 1.98. The predicted molar refractivity (Wildman–Crippen MR) is 151 cm³/mol. The molecule has 2 bridgehead atoms. The van der Waals surface area contributed by atoms with Crippen LogP contribution in [0.25, 0.3) is 0 Å². The standard InChI is InChI=1S/C31H38N2O8/c1-8-16-40-29(37)32(6)26-24(27(35)39-9-2)19-14-15-31(25(26)20(19)17-23(34)41-30(3,4)5)21-12-10-11-13-22(21)33(18-38-7)28(31)36/h8,10-15,17,19,24-26H,1,9,16,18H2,2-7H3/b20-17-/t19-,24-,25+,26+,31+/m0/s1. The largest absolute Gasteiger partial charge is 0.466 e. The molecule has 0 radical (unpaired) electrons. The fraction of sp³-hybridized carbons (Fsp3) is 0.484. The van der Waals surface area contributed by atoms with Gasteiger partial charge in [0.25, 0.3) is 0 Å². The summed E-state index contributed by atoms with van der Waals surface area (Å²) in [6, 6.07) is 6.43. The molecule has 0 aromatic heterocycles. The SMILES string of the molecule is C=CCOC(=O)N(C)[C@@H]1[C@@H](C(=O)OCC)[C@H]2C=C[C@]3(C(=O)N(COC)c4ccccc43)[C@@H]1/C2=C\C(=O)OC(C)(C)C. The van der Waals surface area contributed by atoms with Gasteiger partial charge in [0.05, 0.1) is 24.3 Å². The lowest BCUT2D eigenvalue weighted by Gasteiger charge is -2.41. The monoisotopic (exact) mass is 566 g/mol. The van der Waals surface area contributed by atoms with E-state index in [1.54, 1.807) is 39.8 Å². The van der Waals surface area contributed by atoms with E-state index in [-0.39, 0.29) is 25.9 Å². The number of hydrogen-bond donors (Lipinski definition) is 0. The second-order valence-corrected chi connectivity index (χ2v) is 11.3. The number of anilines is 1. The van der Waals surface area contributed by atoms with Crippen LogP contribution in [0.5, 0.6) is 0 Å². The molecule has 1 aliphatic heterocycles. The topological polar surface area (TPSA) is 112 Å². The Morgan fingerprint density at radius 1 is 1.17 bits per heavy atom. The number of allylic oxidation sites excluding steroid dienone is 1. The van der Waals surface area contributed by atoms with Gasteiger partial charge in [0.15, 0.2) is 0 Å². The summed E-state index contributed by atoms with van der Waals surface area (Å²) in [6.07, 6.45) is 5.70. The predicted octanol–water partition coefficient (Wildman–Crippen LogP) is 3.76. The molecule has 5 atom stereocenters. The Bertz CT molecular complexity index is 1300. The number of esters is 2. The first-order chi connectivity index (χ1) is 19.4. The van der Waals surface area contributed by atoms with Crippen LogP contribution in [0.2, 0.25) is 0 Å². The highest BCUT2D eigenvalue weighted by Gasteiger charge is 2.67. The highest BCUT2D eigenvalue weighted by Crippen LogP contribution is 2.61. The Morgan fingerprint density at radius 3 is 2.51 bits per heavy atom. The molecule has 0 unspecified atom stereocenters. The first-order valence-corrected chi connectivity index (χ1v) is 13.6. The van der Waals surface area contributed by atoms with E-state index in [1.165, 1.54) is 36.1 Å². The van der Waals surface area contributed by atoms with E-state index in [0.717, 1.165) is 0 Å². The molecule has 1 fully saturated rings. The van der Waals surface area contributed by atoms with Gasteiger partial charge < -0.3 is 23.8 Å². The normalized spacial score (nSPS) is 27.1. The van der Waals surface area contributed by atoms with Crippen molar-refractivity contribution in [3.8, 4) is 0 Å². The lowest BCUT2D eigenvalue weighted by atomic mass is 9.64. The van der Waals surface area contributed by atoms with Crippen molar-refractivity contribution >= 4 is 29.6 Å². The first kappa shape index (κ1) is 30.0. The number of nitrogens with zero attached hydrogens (tertiary/aromatic N) is 2. The van der Waals surface area contributed by atoms with Crippen molar-refractivity contribution in [2.24, 2.45) is 17.8 Å². The number of carbonyl (C=O) groups is 4. The summed E-state index contributed by atoms with van der Waals surface area (Å²) in [5.74, 6) is -3.82. The van der Waals surface area contributed by atoms with Crippen LogP contribution in [0.3, 0.4) is 0 Å². The van der Waals surface area contributed by atoms with E-state index in [1.807, 2.05) is 24.3 Å². The lowest BCUT2D eigenvalue weighted by molar-refractivity contribution is -0.151. The van der Waals surface area contributed by atoms with Crippen LogP contribution in [0.4, 0.5) is 10.5 Å². The number of hydrogen-bond acceptors (Lipinski definition) is 8. The summed E-state index contributed by atoms with van der Waals surface area (Å²) in [6.45, 7) is 10.6. The Hall–Kier alpha value is -3.92. The zero-order valence-corrected chi connectivity index (χ0v) is 24.4. The van der Waals surface area contributed by atoms with E-state index >= 15 is 0 Å². The minimum atomic E-state index is -1.35. The number of para-hydroxylation sites is 1. The molecule has 0 saturated heterocycles. The second kappa shape index (κ2) is 11.5. The number of fused-ring (bicyclic) bond motifs is 5. The van der Waals surface area contributed by atoms with Crippen molar-refractivity contribution in [2.75, 3.05) is 39.0 Å². The number of methoxy groups -OCH3 is 1. The first-order valence-electron chi connectivity index (χ1n) is 13.6. The minimum absolute atomic E-state index is 0.00408. The van der Waals surface area contributed by atoms with Crippen molar-refractivity contribution in [1.82, 2.24) is 4.90 Å². The maximum absolute atomic E-state index is 14.5. The van der Waals surface area contributed by atoms with E-state index in [0.29, 0.717) is 16.8 Å². The number of carbonyl (C=O) groups excluding carboxylic acids is 4. The second-order valence-electron chi connectivity index (χ2n) is 11.3. The molecule has 1 spiro atoms. The quantitative estimate of drug-likeness (QED) is 0.202. The number of ether oxygens (including phenoxy) is 4. The van der Waals surface area contributed by atoms with Gasteiger partial charge in [-0.3, -0.25) is 14.5 Å². The Labute approximate surface area is 240 Å². The highest BCUT2D eigenvalue weighted by molar-refractivity contribution is 6.11. The highest BCUT2D eigenvalue weighted by atomic mass is 16.6. The molecule has 1 heterocycles. The smallest absolute Gasteiger partial charge is 0.410 e. The van der Waals surface area contributed by atoms with Crippen LogP contribution in [0, 0.1) is 17.8 Å². The average molecular weight is 567 g/mol. The van der Waals surface area contributed by atoms with Crippen molar-refractivity contribution in [1.29, 1.82) is 0 Å². The van der Waals surface area contributed by atoms with Gasteiger partial charge in [-0.2, -0.15) is 0 Å². The van der Waals surface area contributed by atoms with Gasteiger partial charge >= 0.3 is 18.0 Å². The van der Waals surface area contributed by atoms with E-state index in [4.69, 9.17) is 18.9 Å². The molecule has 2 aliphatic carbocycles. The van der Waals surface area contributed by atoms with Gasteiger partial charge in [-0.15, -0.1) is 0 Å². The Morgan fingerprint density at radius 2 is 1.88 bits per heavy atom. The van der Waals surface area contributed by atoms with Gasteiger partial charge in [0.2, 0.25) is 5.91 Å². The fourth-order valence-corrected chi connectivity index (χ4v) is 6.38. The zero-order valence-electron chi connectivity index (χ0n) is 24.4. The summed E-state index contributed by atoms with van der Waals surface area (Å²) in [7, 11) is 3.03.